The quantitative estimate of drug-likeness (QED) is 0.559. The predicted octanol–water partition coefficient (Wildman–Crippen LogP) is 6.18. The van der Waals surface area contributed by atoms with E-state index in [1.807, 2.05) is 6.92 Å². The lowest BCUT2D eigenvalue weighted by Gasteiger charge is -2.22. The number of alkyl halides is 1. The highest BCUT2D eigenvalue weighted by Crippen LogP contribution is 2.32. The van der Waals surface area contributed by atoms with Crippen LogP contribution in [-0.2, 0) is 0 Å². The zero-order chi connectivity index (χ0) is 15.4. The molecule has 0 aliphatic carbocycles. The summed E-state index contributed by atoms with van der Waals surface area (Å²) in [6.45, 7) is 8.67. The molecule has 0 aliphatic heterocycles. The molecule has 0 spiro atoms. The zero-order valence-corrected chi connectivity index (χ0v) is 14.5. The fourth-order valence-electron chi connectivity index (χ4n) is 3.06. The summed E-state index contributed by atoms with van der Waals surface area (Å²) in [6.07, 6.45) is 6.08. The smallest absolute Gasteiger partial charge is 0.127 e. The summed E-state index contributed by atoms with van der Waals surface area (Å²) in [7, 11) is 0. The highest BCUT2D eigenvalue weighted by molar-refractivity contribution is 6.20. The molecule has 2 nitrogen and oxygen atoms in total. The lowest BCUT2D eigenvalue weighted by atomic mass is 10.0. The van der Waals surface area contributed by atoms with E-state index in [1.54, 1.807) is 0 Å². The first-order chi connectivity index (χ1) is 10.1. The van der Waals surface area contributed by atoms with Crippen molar-refractivity contribution in [2.75, 3.05) is 0 Å². The molecule has 2 unspecified atom stereocenters. The maximum absolute atomic E-state index is 6.41. The number of imidazole rings is 1. The Hall–Kier alpha value is -1.02. The van der Waals surface area contributed by atoms with Crippen molar-refractivity contribution in [3.05, 3.63) is 29.6 Å². The summed E-state index contributed by atoms with van der Waals surface area (Å²) in [5.74, 6) is 1.02. The number of nitrogens with zero attached hydrogens (tertiary/aromatic N) is 2. The molecule has 0 saturated carbocycles. The molecule has 21 heavy (non-hydrogen) atoms. The van der Waals surface area contributed by atoms with Crippen LogP contribution in [0.3, 0.4) is 0 Å². The normalized spacial score (nSPS) is 14.5. The highest BCUT2D eigenvalue weighted by Gasteiger charge is 2.21. The van der Waals surface area contributed by atoms with Crippen LogP contribution < -0.4 is 0 Å². The van der Waals surface area contributed by atoms with Gasteiger partial charge in [-0.05, 0) is 44.4 Å². The number of benzene rings is 1. The van der Waals surface area contributed by atoms with Gasteiger partial charge in [0.05, 0.1) is 16.4 Å². The molecule has 0 fully saturated rings. The van der Waals surface area contributed by atoms with Crippen LogP contribution in [0.5, 0.6) is 0 Å². The number of hydrogen-bond donors (Lipinski definition) is 0. The Morgan fingerprint density at radius 3 is 2.57 bits per heavy atom. The van der Waals surface area contributed by atoms with Crippen LogP contribution in [0.4, 0.5) is 0 Å². The van der Waals surface area contributed by atoms with E-state index in [-0.39, 0.29) is 5.38 Å². The number of unbranched alkanes of at least 4 members (excludes halogenated alkanes) is 1. The van der Waals surface area contributed by atoms with E-state index in [1.165, 1.54) is 43.2 Å². The van der Waals surface area contributed by atoms with Gasteiger partial charge in [-0.25, -0.2) is 4.98 Å². The molecular formula is C18H27ClN2. The minimum Gasteiger partial charge on any atom is -0.324 e. The molecule has 0 saturated heterocycles. The summed E-state index contributed by atoms with van der Waals surface area (Å²) < 4.78 is 2.42. The first-order valence-corrected chi connectivity index (χ1v) is 8.64. The Bertz CT molecular complexity index is 586. The molecular weight excluding hydrogens is 280 g/mol. The Kier molecular flexibility index (Phi) is 5.69. The first kappa shape index (κ1) is 16.4. The third kappa shape index (κ3) is 3.60. The summed E-state index contributed by atoms with van der Waals surface area (Å²) in [6, 6.07) is 7.01. The summed E-state index contributed by atoms with van der Waals surface area (Å²) in [4.78, 5) is 4.80. The van der Waals surface area contributed by atoms with Gasteiger partial charge in [-0.2, -0.15) is 0 Å². The van der Waals surface area contributed by atoms with Crippen LogP contribution in [0.2, 0.25) is 0 Å². The van der Waals surface area contributed by atoms with Gasteiger partial charge < -0.3 is 4.57 Å². The molecule has 2 rings (SSSR count). The lowest BCUT2D eigenvalue weighted by molar-refractivity contribution is 0.414. The first-order valence-electron chi connectivity index (χ1n) is 8.21. The van der Waals surface area contributed by atoms with Gasteiger partial charge in [-0.15, -0.1) is 11.6 Å². The molecule has 2 atom stereocenters. The summed E-state index contributed by atoms with van der Waals surface area (Å²) in [5.41, 5.74) is 3.59. The van der Waals surface area contributed by atoms with Crippen LogP contribution in [0.15, 0.2) is 18.2 Å². The fraction of sp³-hybridized carbons (Fsp3) is 0.611. The number of rotatable bonds is 7. The van der Waals surface area contributed by atoms with Crippen molar-refractivity contribution in [2.24, 2.45) is 0 Å². The average molecular weight is 307 g/mol. The van der Waals surface area contributed by atoms with Crippen LogP contribution in [0.1, 0.15) is 75.7 Å². The molecule has 0 aliphatic rings. The van der Waals surface area contributed by atoms with Gasteiger partial charge in [0.2, 0.25) is 0 Å². The second kappa shape index (κ2) is 7.31. The molecule has 0 amide bonds. The number of halogens is 1. The highest BCUT2D eigenvalue weighted by atomic mass is 35.5. The SMILES string of the molecule is CCCCC(CCC)n1c(C(C)Cl)nc2ccc(C)cc21. The molecule has 1 heterocycles. The Morgan fingerprint density at radius 2 is 1.95 bits per heavy atom. The maximum Gasteiger partial charge on any atom is 0.127 e. The van der Waals surface area contributed by atoms with Crippen LogP contribution in [-0.4, -0.2) is 9.55 Å². The van der Waals surface area contributed by atoms with Crippen molar-refractivity contribution in [2.45, 2.75) is 71.2 Å². The van der Waals surface area contributed by atoms with Crippen molar-refractivity contribution in [1.82, 2.24) is 9.55 Å². The zero-order valence-electron chi connectivity index (χ0n) is 13.7. The predicted molar refractivity (Wildman–Crippen MR) is 92.2 cm³/mol. The van der Waals surface area contributed by atoms with Crippen molar-refractivity contribution in [1.29, 1.82) is 0 Å². The van der Waals surface area contributed by atoms with Gasteiger partial charge in [-0.3, -0.25) is 0 Å². The van der Waals surface area contributed by atoms with Gasteiger partial charge in [0.25, 0.3) is 0 Å². The van der Waals surface area contributed by atoms with Gasteiger partial charge >= 0.3 is 0 Å². The summed E-state index contributed by atoms with van der Waals surface area (Å²) in [5, 5.41) is -0.0568. The van der Waals surface area contributed by atoms with E-state index in [4.69, 9.17) is 16.6 Å². The monoisotopic (exact) mass is 306 g/mol. The van der Waals surface area contributed by atoms with E-state index < -0.39 is 0 Å². The van der Waals surface area contributed by atoms with Crippen molar-refractivity contribution < 1.29 is 0 Å². The second-order valence-corrected chi connectivity index (χ2v) is 6.69. The fourth-order valence-corrected chi connectivity index (χ4v) is 3.22. The maximum atomic E-state index is 6.41. The number of aromatic nitrogens is 2. The number of aryl methyl sites for hydroxylation is 1. The van der Waals surface area contributed by atoms with E-state index in [2.05, 4.69) is 43.5 Å². The Morgan fingerprint density at radius 1 is 1.19 bits per heavy atom. The molecule has 1 aromatic carbocycles. The van der Waals surface area contributed by atoms with E-state index in [0.717, 1.165) is 11.3 Å². The average Bonchev–Trinajstić information content (AvgIpc) is 2.82. The van der Waals surface area contributed by atoms with E-state index in [9.17, 15) is 0 Å². The largest absolute Gasteiger partial charge is 0.324 e. The van der Waals surface area contributed by atoms with Crippen molar-refractivity contribution in [3.63, 3.8) is 0 Å². The molecule has 116 valence electrons. The van der Waals surface area contributed by atoms with E-state index >= 15 is 0 Å². The van der Waals surface area contributed by atoms with E-state index in [0.29, 0.717) is 6.04 Å². The standard InChI is InChI=1S/C18H27ClN2/c1-5-7-9-15(8-6-2)21-17-12-13(3)10-11-16(17)20-18(21)14(4)19/h10-12,14-15H,5-9H2,1-4H3. The van der Waals surface area contributed by atoms with Crippen LogP contribution >= 0.6 is 11.6 Å². The molecule has 0 N–H and O–H groups in total. The van der Waals surface area contributed by atoms with Crippen molar-refractivity contribution >= 4 is 22.6 Å². The third-order valence-electron chi connectivity index (χ3n) is 4.11. The molecule has 0 bridgehead atoms. The molecule has 0 radical (unpaired) electrons. The van der Waals surface area contributed by atoms with Crippen LogP contribution in [0.25, 0.3) is 11.0 Å². The Balaban J connectivity index is 2.55. The molecule has 1 aromatic heterocycles. The van der Waals surface area contributed by atoms with Gasteiger partial charge in [-0.1, -0.05) is 39.2 Å². The lowest BCUT2D eigenvalue weighted by Crippen LogP contribution is -2.13. The molecule has 2 aromatic rings. The number of fused-ring (bicyclic) bond motifs is 1. The van der Waals surface area contributed by atoms with Gasteiger partial charge in [0.15, 0.2) is 0 Å². The summed E-state index contributed by atoms with van der Waals surface area (Å²) >= 11 is 6.41. The minimum absolute atomic E-state index is 0.0568. The molecule has 3 heteroatoms. The Labute approximate surface area is 133 Å². The number of hydrogen-bond acceptors (Lipinski definition) is 1. The van der Waals surface area contributed by atoms with Crippen LogP contribution in [0, 0.1) is 6.92 Å². The third-order valence-corrected chi connectivity index (χ3v) is 4.30. The minimum atomic E-state index is -0.0568. The topological polar surface area (TPSA) is 17.8 Å². The van der Waals surface area contributed by atoms with Gasteiger partial charge in [0.1, 0.15) is 5.82 Å². The second-order valence-electron chi connectivity index (χ2n) is 6.03. The van der Waals surface area contributed by atoms with Gasteiger partial charge in [0, 0.05) is 6.04 Å². The van der Waals surface area contributed by atoms with Crippen molar-refractivity contribution in [3.8, 4) is 0 Å².